The summed E-state index contributed by atoms with van der Waals surface area (Å²) in [5, 5.41) is 16.0. The van der Waals surface area contributed by atoms with E-state index in [1.165, 1.54) is 4.90 Å². The van der Waals surface area contributed by atoms with Crippen LogP contribution in [0.2, 0.25) is 0 Å². The fraction of sp³-hybridized carbons (Fsp3) is 0.667. The number of hydrogen-bond acceptors (Lipinski definition) is 4. The number of aromatic nitrogens is 2. The summed E-state index contributed by atoms with van der Waals surface area (Å²) >= 11 is 0. The van der Waals surface area contributed by atoms with Gasteiger partial charge < -0.3 is 15.7 Å². The molecule has 0 aliphatic heterocycles. The molecule has 0 fully saturated rings. The molecule has 0 saturated heterocycles. The Kier molecular flexibility index (Phi) is 4.72. The highest BCUT2D eigenvalue weighted by Crippen LogP contribution is 2.22. The Bertz CT molecular complexity index is 412. The van der Waals surface area contributed by atoms with Crippen LogP contribution in [0.15, 0.2) is 0 Å². The second-order valence-corrected chi connectivity index (χ2v) is 4.92. The average molecular weight is 254 g/mol. The second-order valence-electron chi connectivity index (χ2n) is 4.92. The maximum Gasteiger partial charge on any atom is 0.276 e. The van der Waals surface area contributed by atoms with E-state index < -0.39 is 6.10 Å². The molecule has 1 unspecified atom stereocenters. The quantitative estimate of drug-likeness (QED) is 0.729. The van der Waals surface area contributed by atoms with Crippen LogP contribution < -0.4 is 5.73 Å². The van der Waals surface area contributed by atoms with Crippen LogP contribution in [0, 0.1) is 0 Å². The molecule has 0 radical (unpaired) electrons. The minimum atomic E-state index is -0.428. The van der Waals surface area contributed by atoms with Crippen molar-refractivity contribution in [2.75, 3.05) is 19.3 Å². The minimum absolute atomic E-state index is 0.196. The molecule has 0 spiro atoms. The smallest absolute Gasteiger partial charge is 0.276 e. The molecule has 18 heavy (non-hydrogen) atoms. The fourth-order valence-corrected chi connectivity index (χ4v) is 1.63. The van der Waals surface area contributed by atoms with E-state index in [2.05, 4.69) is 10.2 Å². The van der Waals surface area contributed by atoms with Crippen molar-refractivity contribution < 1.29 is 9.90 Å². The van der Waals surface area contributed by atoms with Crippen molar-refractivity contribution in [2.45, 2.75) is 39.2 Å². The number of hydrogen-bond donors (Lipinski definition) is 3. The molecule has 102 valence electrons. The van der Waals surface area contributed by atoms with Gasteiger partial charge in [-0.1, -0.05) is 13.8 Å². The van der Waals surface area contributed by atoms with Crippen molar-refractivity contribution >= 4 is 11.6 Å². The third-order valence-corrected chi connectivity index (χ3v) is 2.84. The molecule has 0 aliphatic rings. The highest BCUT2D eigenvalue weighted by molar-refractivity contribution is 5.97. The lowest BCUT2D eigenvalue weighted by Gasteiger charge is -2.17. The zero-order valence-electron chi connectivity index (χ0n) is 11.4. The lowest BCUT2D eigenvalue weighted by molar-refractivity contribution is 0.0764. The fourth-order valence-electron chi connectivity index (χ4n) is 1.63. The van der Waals surface area contributed by atoms with E-state index in [0.717, 1.165) is 5.69 Å². The number of rotatable bonds is 5. The largest absolute Gasteiger partial charge is 0.395 e. The van der Waals surface area contributed by atoms with E-state index in [4.69, 9.17) is 5.73 Å². The number of carbonyl (C=O) groups excluding carboxylic acids is 1. The Morgan fingerprint density at radius 1 is 1.50 bits per heavy atom. The van der Waals surface area contributed by atoms with Crippen molar-refractivity contribution in [3.63, 3.8) is 0 Å². The highest BCUT2D eigenvalue weighted by Gasteiger charge is 2.21. The van der Waals surface area contributed by atoms with Crippen molar-refractivity contribution in [2.24, 2.45) is 0 Å². The highest BCUT2D eigenvalue weighted by atomic mass is 16.3. The average Bonchev–Trinajstić information content (AvgIpc) is 2.66. The van der Waals surface area contributed by atoms with Crippen LogP contribution in [-0.2, 0) is 0 Å². The van der Waals surface area contributed by atoms with Gasteiger partial charge in [0, 0.05) is 13.6 Å². The normalized spacial score (nSPS) is 12.8. The number of aliphatic hydroxyl groups is 1. The van der Waals surface area contributed by atoms with Gasteiger partial charge in [0.1, 0.15) is 0 Å². The van der Waals surface area contributed by atoms with Crippen LogP contribution in [0.4, 0.5) is 5.69 Å². The van der Waals surface area contributed by atoms with Crippen molar-refractivity contribution in [1.82, 2.24) is 15.1 Å². The Morgan fingerprint density at radius 3 is 2.56 bits per heavy atom. The van der Waals surface area contributed by atoms with E-state index in [1.54, 1.807) is 14.0 Å². The Morgan fingerprint density at radius 2 is 2.11 bits per heavy atom. The van der Waals surface area contributed by atoms with Gasteiger partial charge in [-0.05, 0) is 19.3 Å². The Hall–Kier alpha value is -1.56. The van der Waals surface area contributed by atoms with Crippen LogP contribution in [0.5, 0.6) is 0 Å². The lowest BCUT2D eigenvalue weighted by Crippen LogP contribution is -2.30. The Balaban J connectivity index is 2.78. The number of H-pyrrole nitrogens is 1. The molecule has 0 aliphatic carbocycles. The summed E-state index contributed by atoms with van der Waals surface area (Å²) in [4.78, 5) is 13.6. The molecule has 0 aromatic carbocycles. The third kappa shape index (κ3) is 3.22. The number of nitrogen functional groups attached to an aromatic ring is 1. The maximum absolute atomic E-state index is 12.1. The summed E-state index contributed by atoms with van der Waals surface area (Å²) in [5.74, 6) is -0.0295. The van der Waals surface area contributed by atoms with Crippen LogP contribution in [0.1, 0.15) is 49.3 Å². The molecule has 1 aromatic rings. The molecule has 1 amide bonds. The molecule has 0 bridgehead atoms. The van der Waals surface area contributed by atoms with Crippen LogP contribution in [-0.4, -0.2) is 45.8 Å². The van der Waals surface area contributed by atoms with Gasteiger partial charge in [0.15, 0.2) is 5.69 Å². The van der Waals surface area contributed by atoms with Crippen LogP contribution >= 0.6 is 0 Å². The predicted octanol–water partition coefficient (Wildman–Crippen LogP) is 0.958. The van der Waals surface area contributed by atoms with Crippen LogP contribution in [0.25, 0.3) is 0 Å². The number of nitrogens with one attached hydrogen (secondary N) is 1. The van der Waals surface area contributed by atoms with Gasteiger partial charge in [-0.15, -0.1) is 0 Å². The van der Waals surface area contributed by atoms with Crippen molar-refractivity contribution in [3.05, 3.63) is 11.4 Å². The van der Waals surface area contributed by atoms with Gasteiger partial charge in [0.2, 0.25) is 0 Å². The topological polar surface area (TPSA) is 95.2 Å². The van der Waals surface area contributed by atoms with E-state index >= 15 is 0 Å². The molecule has 1 heterocycles. The zero-order valence-corrected chi connectivity index (χ0v) is 11.4. The molecular formula is C12H22N4O2. The second kappa shape index (κ2) is 5.86. The Labute approximate surface area is 107 Å². The first kappa shape index (κ1) is 14.5. The number of aliphatic hydroxyl groups excluding tert-OH is 1. The number of aromatic amines is 1. The molecule has 1 rings (SSSR count). The lowest BCUT2D eigenvalue weighted by atomic mass is 10.1. The summed E-state index contributed by atoms with van der Waals surface area (Å²) in [5.41, 5.74) is 7.36. The number of nitrogens with two attached hydrogens (primary N) is 1. The number of carbonyl (C=O) groups is 1. The SMILES string of the molecule is CC(O)CCN(C)C(=O)c1n[nH]c(C(C)C)c1N. The number of nitrogens with zero attached hydrogens (tertiary/aromatic N) is 2. The first-order valence-corrected chi connectivity index (χ1v) is 6.11. The predicted molar refractivity (Wildman–Crippen MR) is 70.3 cm³/mol. The summed E-state index contributed by atoms with van der Waals surface area (Å²) in [6.45, 7) is 6.13. The molecule has 6 heteroatoms. The first-order valence-electron chi connectivity index (χ1n) is 6.11. The minimum Gasteiger partial charge on any atom is -0.395 e. The number of amides is 1. The zero-order chi connectivity index (χ0) is 13.9. The third-order valence-electron chi connectivity index (χ3n) is 2.84. The summed E-state index contributed by atoms with van der Waals surface area (Å²) in [6, 6.07) is 0. The molecule has 1 aromatic heterocycles. The summed E-state index contributed by atoms with van der Waals surface area (Å²) < 4.78 is 0. The monoisotopic (exact) mass is 254 g/mol. The van der Waals surface area contributed by atoms with Gasteiger partial charge in [0.05, 0.1) is 17.5 Å². The first-order chi connectivity index (χ1) is 8.34. The van der Waals surface area contributed by atoms with E-state index in [9.17, 15) is 9.90 Å². The van der Waals surface area contributed by atoms with Crippen LogP contribution in [0.3, 0.4) is 0 Å². The molecular weight excluding hydrogens is 232 g/mol. The summed E-state index contributed by atoms with van der Waals surface area (Å²) in [7, 11) is 1.67. The van der Waals surface area contributed by atoms with Crippen molar-refractivity contribution in [3.8, 4) is 0 Å². The van der Waals surface area contributed by atoms with Gasteiger partial charge >= 0.3 is 0 Å². The standard InChI is InChI=1S/C12H22N4O2/c1-7(2)10-9(13)11(15-14-10)12(18)16(4)6-5-8(3)17/h7-8,17H,5-6,13H2,1-4H3,(H,14,15). The summed E-state index contributed by atoms with van der Waals surface area (Å²) in [6.07, 6.45) is 0.104. The molecule has 4 N–H and O–H groups in total. The molecule has 6 nitrogen and oxygen atoms in total. The maximum atomic E-state index is 12.1. The van der Waals surface area contributed by atoms with E-state index in [0.29, 0.717) is 18.7 Å². The van der Waals surface area contributed by atoms with Gasteiger partial charge in [-0.25, -0.2) is 0 Å². The number of anilines is 1. The van der Waals surface area contributed by atoms with Gasteiger partial charge in [0.25, 0.3) is 5.91 Å². The van der Waals surface area contributed by atoms with Crippen molar-refractivity contribution in [1.29, 1.82) is 0 Å². The van der Waals surface area contributed by atoms with Gasteiger partial charge in [-0.2, -0.15) is 5.10 Å². The molecule has 1 atom stereocenters. The molecule has 0 saturated carbocycles. The van der Waals surface area contributed by atoms with E-state index in [-0.39, 0.29) is 17.5 Å². The van der Waals surface area contributed by atoms with Gasteiger partial charge in [-0.3, -0.25) is 9.89 Å². The van der Waals surface area contributed by atoms with E-state index in [1.807, 2.05) is 13.8 Å².